The lowest BCUT2D eigenvalue weighted by molar-refractivity contribution is -0.297. The molecule has 0 bridgehead atoms. The van der Waals surface area contributed by atoms with Crippen molar-refractivity contribution in [2.24, 2.45) is 0 Å². The van der Waals surface area contributed by atoms with Crippen molar-refractivity contribution in [1.82, 2.24) is 0 Å². The molecule has 0 radical (unpaired) electrons. The molecule has 0 aliphatic rings. The Morgan fingerprint density at radius 3 is 0.800 bits per heavy atom. The molecule has 0 fully saturated rings. The molecule has 12 heteroatoms. The molecule has 0 saturated carbocycles. The average molecular weight is 251 g/mol. The average Bonchev–Trinajstić information content (AvgIpc) is 1.38. The van der Waals surface area contributed by atoms with Crippen molar-refractivity contribution in [2.45, 2.75) is 0 Å². The number of aliphatic carboxylic acids is 1. The van der Waals surface area contributed by atoms with Crippen LogP contribution in [0.25, 0.3) is 0 Å². The molecule has 0 aromatic carbocycles. The Morgan fingerprint density at radius 1 is 0.733 bits per heavy atom. The first-order valence-electron chi connectivity index (χ1n) is 1.11. The number of carbonyl (C=O) groups excluding carboxylic acids is 1. The van der Waals surface area contributed by atoms with Gasteiger partial charge in [0.05, 0.1) is 5.97 Å². The van der Waals surface area contributed by atoms with Crippen LogP contribution in [-0.4, -0.2) is 60.7 Å². The van der Waals surface area contributed by atoms with Crippen LogP contribution >= 0.6 is 0 Å². The molecule has 15 heavy (non-hydrogen) atoms. The highest BCUT2D eigenvalue weighted by molar-refractivity contribution is 5.76. The Labute approximate surface area is 84.5 Å². The maximum Gasteiger partial charge on any atom is 0.0636 e. The number of hydrogen-bond acceptors (Lipinski definition) is 2. The monoisotopic (exact) mass is 251 g/mol. The summed E-state index contributed by atoms with van der Waals surface area (Å²) in [7, 11) is 0. The highest BCUT2D eigenvalue weighted by Gasteiger charge is 1.55. The maximum absolute atomic E-state index is 9.14. The summed E-state index contributed by atoms with van der Waals surface area (Å²) in [6, 6.07) is 0. The summed E-state index contributed by atoms with van der Waals surface area (Å²) < 4.78 is 0. The summed E-state index contributed by atoms with van der Waals surface area (Å²) in [6.07, 6.45) is 0.722. The van der Waals surface area contributed by atoms with Crippen molar-refractivity contribution < 1.29 is 64.7 Å². The van der Waals surface area contributed by atoms with Crippen molar-refractivity contribution in [2.75, 3.05) is 0 Å². The molecule has 0 spiro atoms. The zero-order valence-electron chi connectivity index (χ0n) is 7.60. The van der Waals surface area contributed by atoms with Crippen LogP contribution in [0.1, 0.15) is 0 Å². The van der Waals surface area contributed by atoms with E-state index in [0.717, 1.165) is 6.08 Å². The fourth-order valence-electron chi connectivity index (χ4n) is 0. The zero-order valence-corrected chi connectivity index (χ0v) is 7.60. The molecule has 0 atom stereocenters. The lowest BCUT2D eigenvalue weighted by atomic mass is 10.7. The standard InChI is InChI=1S/C3H4O2.10H2O/c1-2-3(4)5;;;;;;;;;;/h2H,1H2,(H,4,5);10*1H2/p-1. The Kier molecular flexibility index (Phi) is 4330. The first kappa shape index (κ1) is 287. The van der Waals surface area contributed by atoms with Gasteiger partial charge in [-0.2, -0.15) is 0 Å². The van der Waals surface area contributed by atoms with Crippen LogP contribution < -0.4 is 5.11 Å². The van der Waals surface area contributed by atoms with Crippen LogP contribution in [0.2, 0.25) is 0 Å². The topological polar surface area (TPSA) is 355 Å². The second-order valence-corrected chi connectivity index (χ2v) is 0.523. The predicted molar refractivity (Wildman–Crippen MR) is 51.3 cm³/mol. The molecule has 0 aromatic rings. The highest BCUT2D eigenvalue weighted by atomic mass is 16.4. The van der Waals surface area contributed by atoms with E-state index < -0.39 is 5.97 Å². The van der Waals surface area contributed by atoms with E-state index in [9.17, 15) is 0 Å². The third kappa shape index (κ3) is 2280. The highest BCUT2D eigenvalue weighted by Crippen LogP contribution is 1.47. The summed E-state index contributed by atoms with van der Waals surface area (Å²) >= 11 is 0. The first-order valence-corrected chi connectivity index (χ1v) is 1.11. The van der Waals surface area contributed by atoms with Crippen LogP contribution in [-0.2, 0) is 4.79 Å². The van der Waals surface area contributed by atoms with E-state index in [4.69, 9.17) is 9.90 Å². The lowest BCUT2D eigenvalue weighted by Gasteiger charge is -1.81. The van der Waals surface area contributed by atoms with Gasteiger partial charge in [0.25, 0.3) is 0 Å². The maximum atomic E-state index is 9.14. The molecule has 0 rings (SSSR count). The van der Waals surface area contributed by atoms with E-state index in [1.165, 1.54) is 0 Å². The molecular formula is C3H23O12-. The summed E-state index contributed by atoms with van der Waals surface area (Å²) in [5, 5.41) is 9.14. The minimum Gasteiger partial charge on any atom is -0.545 e. The number of carboxylic acid groups (broad SMARTS) is 1. The van der Waals surface area contributed by atoms with Gasteiger partial charge in [-0.25, -0.2) is 0 Å². The summed E-state index contributed by atoms with van der Waals surface area (Å²) in [5.41, 5.74) is 0. The molecule has 0 heterocycles. The molecule has 0 unspecified atom stereocenters. The molecular weight excluding hydrogens is 228 g/mol. The van der Waals surface area contributed by atoms with Crippen molar-refractivity contribution in [3.05, 3.63) is 12.7 Å². The normalized spacial score (nSPS) is 2.13. The number of carbonyl (C=O) groups is 1. The van der Waals surface area contributed by atoms with Crippen molar-refractivity contribution in [1.29, 1.82) is 0 Å². The third-order valence-electron chi connectivity index (χ3n) is 0.167. The summed E-state index contributed by atoms with van der Waals surface area (Å²) in [4.78, 5) is 9.14. The summed E-state index contributed by atoms with van der Waals surface area (Å²) in [5.74, 6) is -1.23. The van der Waals surface area contributed by atoms with Gasteiger partial charge < -0.3 is 64.7 Å². The Hall–Kier alpha value is -1.19. The fourth-order valence-corrected chi connectivity index (χ4v) is 0. The van der Waals surface area contributed by atoms with Gasteiger partial charge in [-0.15, -0.1) is 0 Å². The molecule has 0 amide bonds. The van der Waals surface area contributed by atoms with Crippen molar-refractivity contribution in [3.8, 4) is 0 Å². The Balaban J connectivity index is -0.00000000178. The van der Waals surface area contributed by atoms with Gasteiger partial charge in [0.15, 0.2) is 0 Å². The van der Waals surface area contributed by atoms with E-state index >= 15 is 0 Å². The molecule has 20 N–H and O–H groups in total. The molecule has 0 aliphatic carbocycles. The third-order valence-corrected chi connectivity index (χ3v) is 0.167. The largest absolute Gasteiger partial charge is 0.545 e. The van der Waals surface area contributed by atoms with E-state index in [1.54, 1.807) is 0 Å². The first-order chi connectivity index (χ1) is 2.27. The second kappa shape index (κ2) is 226. The molecule has 0 aliphatic heterocycles. The van der Waals surface area contributed by atoms with Gasteiger partial charge in [0, 0.05) is 0 Å². The molecule has 12 nitrogen and oxygen atoms in total. The van der Waals surface area contributed by atoms with Crippen LogP contribution in [0.4, 0.5) is 0 Å². The van der Waals surface area contributed by atoms with Gasteiger partial charge in [0.1, 0.15) is 0 Å². The van der Waals surface area contributed by atoms with Crippen LogP contribution in [0.5, 0.6) is 0 Å². The van der Waals surface area contributed by atoms with Crippen molar-refractivity contribution >= 4 is 5.97 Å². The quantitative estimate of drug-likeness (QED) is 0.409. The van der Waals surface area contributed by atoms with Crippen LogP contribution in [0.15, 0.2) is 12.7 Å². The molecule has 0 aromatic heterocycles. The van der Waals surface area contributed by atoms with Crippen LogP contribution in [0.3, 0.4) is 0 Å². The van der Waals surface area contributed by atoms with E-state index in [2.05, 4.69) is 6.58 Å². The molecule has 108 valence electrons. The van der Waals surface area contributed by atoms with Gasteiger partial charge in [0.2, 0.25) is 0 Å². The number of carboxylic acids is 1. The fraction of sp³-hybridized carbons (Fsp3) is 0. The predicted octanol–water partition coefficient (Wildman–Crippen LogP) is -9.32. The summed E-state index contributed by atoms with van der Waals surface area (Å²) in [6.45, 7) is 2.90. The van der Waals surface area contributed by atoms with Crippen molar-refractivity contribution in [3.63, 3.8) is 0 Å². The lowest BCUT2D eigenvalue weighted by Crippen LogP contribution is -2.17. The van der Waals surface area contributed by atoms with E-state index in [-0.39, 0.29) is 54.8 Å². The van der Waals surface area contributed by atoms with E-state index in [0.29, 0.717) is 0 Å². The second-order valence-electron chi connectivity index (χ2n) is 0.523. The minimum absolute atomic E-state index is 0. The minimum atomic E-state index is -1.23. The van der Waals surface area contributed by atoms with Gasteiger partial charge in [-0.05, 0) is 6.08 Å². The SMILES string of the molecule is C=CC(=O)[O-].O.O.O.O.O.O.O.O.O.O. The molecule has 0 saturated heterocycles. The smallest absolute Gasteiger partial charge is 0.0636 e. The van der Waals surface area contributed by atoms with Gasteiger partial charge in [-0.3, -0.25) is 0 Å². The number of rotatable bonds is 1. The van der Waals surface area contributed by atoms with Crippen LogP contribution in [0, 0.1) is 0 Å². The Morgan fingerprint density at radius 2 is 0.800 bits per heavy atom. The van der Waals surface area contributed by atoms with Gasteiger partial charge >= 0.3 is 0 Å². The van der Waals surface area contributed by atoms with E-state index in [1.807, 2.05) is 0 Å². The zero-order chi connectivity index (χ0) is 4.28. The van der Waals surface area contributed by atoms with Gasteiger partial charge in [-0.1, -0.05) is 6.58 Å². The number of hydrogen-bond donors (Lipinski definition) is 0. The Bertz CT molecular complexity index is 61.9.